The Labute approximate surface area is 412 Å². The fourth-order valence-electron chi connectivity index (χ4n) is 10.9. The Morgan fingerprint density at radius 1 is 0.431 bits per heavy atom. The zero-order chi connectivity index (χ0) is 45.1. The molecule has 2 unspecified atom stereocenters. The second-order valence-electron chi connectivity index (χ2n) is 20.0. The van der Waals surface area contributed by atoms with Crippen LogP contribution in [0.1, 0.15) is 202 Å². The molecule has 7 heteroatoms. The SMILES string of the molecule is CCCCCCCCC(CCCCCC)Cc1cc2c3cc(CC(CCCCCC)CCCCCCCC)sc3c3c4cc(-c5ccc(C)c6nsnc56)sc4c4sc(C)cc4c3c2s1. The van der Waals surface area contributed by atoms with Gasteiger partial charge in [-0.05, 0) is 68.4 Å². The molecule has 0 amide bonds. The minimum Gasteiger partial charge on any atom is -0.173 e. The summed E-state index contributed by atoms with van der Waals surface area (Å²) in [4.78, 5) is 5.97. The van der Waals surface area contributed by atoms with Crippen molar-refractivity contribution in [1.82, 2.24) is 8.75 Å². The van der Waals surface area contributed by atoms with Gasteiger partial charge in [-0.1, -0.05) is 194 Å². The molecule has 0 spiro atoms. The van der Waals surface area contributed by atoms with Crippen molar-refractivity contribution in [3.05, 3.63) is 56.6 Å². The molecule has 0 aliphatic rings. The van der Waals surface area contributed by atoms with E-state index in [9.17, 15) is 0 Å². The van der Waals surface area contributed by atoms with E-state index >= 15 is 0 Å². The number of rotatable bonds is 29. The lowest BCUT2D eigenvalue weighted by Crippen LogP contribution is -2.04. The molecule has 0 saturated heterocycles. The van der Waals surface area contributed by atoms with E-state index in [1.54, 1.807) is 14.5 Å². The van der Waals surface area contributed by atoms with Gasteiger partial charge in [0.25, 0.3) is 0 Å². The number of aromatic nitrogens is 2. The third-order valence-electron chi connectivity index (χ3n) is 14.6. The van der Waals surface area contributed by atoms with Crippen molar-refractivity contribution < 1.29 is 0 Å². The van der Waals surface area contributed by atoms with Gasteiger partial charge >= 0.3 is 0 Å². The van der Waals surface area contributed by atoms with Crippen LogP contribution < -0.4 is 0 Å². The average molecular weight is 964 g/mol. The molecule has 0 aliphatic heterocycles. The van der Waals surface area contributed by atoms with E-state index in [0.29, 0.717) is 0 Å². The monoisotopic (exact) mass is 962 g/mol. The van der Waals surface area contributed by atoms with Crippen molar-refractivity contribution in [2.45, 2.75) is 208 Å². The zero-order valence-electron chi connectivity index (χ0n) is 40.9. The lowest BCUT2D eigenvalue weighted by molar-refractivity contribution is 0.404. The summed E-state index contributed by atoms with van der Waals surface area (Å²) < 4.78 is 15.6. The molecule has 0 fully saturated rings. The minimum absolute atomic E-state index is 0.774. The van der Waals surface area contributed by atoms with Crippen molar-refractivity contribution >= 4 is 119 Å². The molecule has 0 N–H and O–H groups in total. The standard InChI is InChI=1S/C58H78N2S5/c1-7-11-15-19-21-25-29-41(27-23-17-13-9-3)34-43-36-46-47-37-44(35-42(28-24-18-14-10-4)30-26-22-20-16-12-8-2)63-56(47)52-49-38-50(45-32-31-39(5)53-54(45)60-65-59-53)64-58(49)57-48(33-40(6)61-57)51(52)55(46)62-43/h31-33,36-38,41-42H,7-30,34-35H2,1-6H3. The molecular formula is C58H78N2S5. The summed E-state index contributed by atoms with van der Waals surface area (Å²) in [6.07, 6.45) is 35.6. The number of thiophene rings is 4. The lowest BCUT2D eigenvalue weighted by Gasteiger charge is -2.16. The summed E-state index contributed by atoms with van der Waals surface area (Å²) in [6, 6.07) is 15.0. The molecule has 8 rings (SSSR count). The zero-order valence-corrected chi connectivity index (χ0v) is 45.0. The van der Waals surface area contributed by atoms with Gasteiger partial charge in [0, 0.05) is 66.8 Å². The molecular weight excluding hydrogens is 885 g/mol. The van der Waals surface area contributed by atoms with E-state index in [4.69, 9.17) is 8.75 Å². The number of hydrogen-bond acceptors (Lipinski definition) is 7. The van der Waals surface area contributed by atoms with Crippen molar-refractivity contribution in [2.75, 3.05) is 0 Å². The minimum atomic E-state index is 0.774. The molecule has 0 radical (unpaired) electrons. The Morgan fingerprint density at radius 2 is 0.877 bits per heavy atom. The summed E-state index contributed by atoms with van der Waals surface area (Å²) in [5, 5.41) is 9.01. The number of unbranched alkanes of at least 4 members (excludes halogenated alkanes) is 16. The molecule has 65 heavy (non-hydrogen) atoms. The first-order chi connectivity index (χ1) is 31.9. The molecule has 0 aliphatic carbocycles. The first-order valence-corrected chi connectivity index (χ1v) is 30.4. The normalized spacial score (nSPS) is 13.3. The van der Waals surface area contributed by atoms with E-state index in [1.807, 2.05) is 22.7 Å². The number of aryl methyl sites for hydroxylation is 2. The smallest absolute Gasteiger partial charge is 0.113 e. The number of nitrogens with zero attached hydrogens (tertiary/aromatic N) is 2. The van der Waals surface area contributed by atoms with Crippen LogP contribution in [0, 0.1) is 25.7 Å². The number of hydrogen-bond donors (Lipinski definition) is 0. The highest BCUT2D eigenvalue weighted by molar-refractivity contribution is 7.30. The van der Waals surface area contributed by atoms with E-state index in [1.165, 1.54) is 246 Å². The second kappa shape index (κ2) is 24.2. The quantitative estimate of drug-likeness (QED) is 0.0437. The van der Waals surface area contributed by atoms with Crippen LogP contribution in [0.3, 0.4) is 0 Å². The molecule has 8 aromatic rings. The van der Waals surface area contributed by atoms with Gasteiger partial charge in [0.05, 0.1) is 21.1 Å². The van der Waals surface area contributed by atoms with Crippen LogP contribution in [0.5, 0.6) is 0 Å². The summed E-state index contributed by atoms with van der Waals surface area (Å²) in [5.74, 6) is 1.55. The lowest BCUT2D eigenvalue weighted by atomic mass is 9.90. The predicted molar refractivity (Wildman–Crippen MR) is 299 cm³/mol. The Bertz CT molecular complexity index is 2740. The molecule has 0 bridgehead atoms. The molecule has 2 atom stereocenters. The fraction of sp³-hybridized carbons (Fsp3) is 0.586. The van der Waals surface area contributed by atoms with Gasteiger partial charge in [-0.25, -0.2) is 0 Å². The van der Waals surface area contributed by atoms with Gasteiger partial charge in [0.2, 0.25) is 0 Å². The molecule has 5 heterocycles. The van der Waals surface area contributed by atoms with Gasteiger partial charge in [0.1, 0.15) is 11.0 Å². The maximum Gasteiger partial charge on any atom is 0.113 e. The van der Waals surface area contributed by atoms with Gasteiger partial charge in [-0.15, -0.1) is 45.3 Å². The van der Waals surface area contributed by atoms with Crippen molar-refractivity contribution in [3.63, 3.8) is 0 Å². The van der Waals surface area contributed by atoms with E-state index in [-0.39, 0.29) is 0 Å². The second-order valence-corrected chi connectivity index (χ2v) is 25.1. The fourth-order valence-corrected chi connectivity index (χ4v) is 16.6. The molecule has 5 aromatic heterocycles. The van der Waals surface area contributed by atoms with Gasteiger partial charge < -0.3 is 0 Å². The maximum absolute atomic E-state index is 4.88. The van der Waals surface area contributed by atoms with E-state index in [2.05, 4.69) is 101 Å². The maximum atomic E-state index is 4.88. The van der Waals surface area contributed by atoms with Crippen LogP contribution in [0.2, 0.25) is 0 Å². The Hall–Kier alpha value is -2.42. The molecule has 3 aromatic carbocycles. The molecule has 350 valence electrons. The van der Waals surface area contributed by atoms with Crippen LogP contribution >= 0.6 is 57.1 Å². The van der Waals surface area contributed by atoms with Crippen molar-refractivity contribution in [1.29, 1.82) is 0 Å². The van der Waals surface area contributed by atoms with E-state index < -0.39 is 0 Å². The average Bonchev–Trinajstić information content (AvgIpc) is 4.16. The van der Waals surface area contributed by atoms with Crippen molar-refractivity contribution in [3.8, 4) is 10.4 Å². The summed E-state index contributed by atoms with van der Waals surface area (Å²) in [5.41, 5.74) is 4.54. The Morgan fingerprint density at radius 3 is 1.40 bits per heavy atom. The highest BCUT2D eigenvalue weighted by Gasteiger charge is 2.25. The van der Waals surface area contributed by atoms with Crippen LogP contribution in [0.15, 0.2) is 36.4 Å². The van der Waals surface area contributed by atoms with Crippen LogP contribution in [0.4, 0.5) is 0 Å². The topological polar surface area (TPSA) is 25.8 Å². The van der Waals surface area contributed by atoms with Gasteiger partial charge in [0.15, 0.2) is 0 Å². The van der Waals surface area contributed by atoms with Crippen LogP contribution in [-0.2, 0) is 12.8 Å². The summed E-state index contributed by atoms with van der Waals surface area (Å²) in [7, 11) is 0. The van der Waals surface area contributed by atoms with Crippen LogP contribution in [-0.4, -0.2) is 8.75 Å². The van der Waals surface area contributed by atoms with Crippen molar-refractivity contribution in [2.24, 2.45) is 11.8 Å². The third kappa shape index (κ3) is 11.7. The highest BCUT2D eigenvalue weighted by atomic mass is 32.1. The number of fused-ring (bicyclic) bond motifs is 12. The summed E-state index contributed by atoms with van der Waals surface area (Å²) in [6.45, 7) is 13.9. The Balaban J connectivity index is 1.25. The predicted octanol–water partition coefficient (Wildman–Crippen LogP) is 21.7. The number of benzene rings is 3. The summed E-state index contributed by atoms with van der Waals surface area (Å²) >= 11 is 9.65. The first-order valence-electron chi connectivity index (χ1n) is 26.4. The highest BCUT2D eigenvalue weighted by Crippen LogP contribution is 2.53. The largest absolute Gasteiger partial charge is 0.173 e. The van der Waals surface area contributed by atoms with Gasteiger partial charge in [-0.3, -0.25) is 0 Å². The Kier molecular flexibility index (Phi) is 18.3. The third-order valence-corrected chi connectivity index (χ3v) is 19.9. The first kappa shape index (κ1) is 49.0. The molecule has 0 saturated carbocycles. The van der Waals surface area contributed by atoms with Crippen LogP contribution in [0.25, 0.3) is 72.6 Å². The molecule has 2 nitrogen and oxygen atoms in total. The van der Waals surface area contributed by atoms with E-state index in [0.717, 1.165) is 22.9 Å². The van der Waals surface area contributed by atoms with Gasteiger partial charge in [-0.2, -0.15) is 8.75 Å².